The van der Waals surface area contributed by atoms with Gasteiger partial charge in [-0.3, -0.25) is 9.13 Å². The molecule has 4 aromatic heterocycles. The molecule has 2 bridgehead atoms. The summed E-state index contributed by atoms with van der Waals surface area (Å²) in [6, 6.07) is 4.35. The van der Waals surface area contributed by atoms with Crippen molar-refractivity contribution in [2.45, 2.75) is 38.6 Å². The van der Waals surface area contributed by atoms with Gasteiger partial charge in [-0.05, 0) is 49.1 Å². The van der Waals surface area contributed by atoms with Crippen molar-refractivity contribution in [2.75, 3.05) is 5.32 Å². The first-order chi connectivity index (χ1) is 15.0. The lowest BCUT2D eigenvalue weighted by Gasteiger charge is -2.36. The summed E-state index contributed by atoms with van der Waals surface area (Å²) in [4.78, 5) is 26.5. The van der Waals surface area contributed by atoms with Crippen LogP contribution < -0.4 is 11.0 Å². The number of nitrogens with one attached hydrogen (secondary N) is 1. The predicted octanol–water partition coefficient (Wildman–Crippen LogP) is 2.48. The van der Waals surface area contributed by atoms with Crippen LogP contribution in [0.4, 0.5) is 11.6 Å². The van der Waals surface area contributed by atoms with Crippen LogP contribution in [0.2, 0.25) is 0 Å². The van der Waals surface area contributed by atoms with Crippen LogP contribution in [0.5, 0.6) is 0 Å². The topological polar surface area (TPSA) is 119 Å². The normalized spacial score (nSPS) is 24.4. The molecule has 3 fully saturated rings. The zero-order valence-corrected chi connectivity index (χ0v) is 17.3. The van der Waals surface area contributed by atoms with Gasteiger partial charge < -0.3 is 5.32 Å². The Balaban J connectivity index is 1.41. The van der Waals surface area contributed by atoms with Crippen LogP contribution in [0.25, 0.3) is 16.8 Å². The quantitative estimate of drug-likeness (QED) is 0.544. The molecule has 0 amide bonds. The molecule has 0 spiro atoms. The van der Waals surface area contributed by atoms with Gasteiger partial charge in [0.1, 0.15) is 11.8 Å². The lowest BCUT2D eigenvalue weighted by Crippen LogP contribution is -2.30. The van der Waals surface area contributed by atoms with Gasteiger partial charge in [0.25, 0.3) is 0 Å². The number of imidazole rings is 1. The van der Waals surface area contributed by atoms with E-state index >= 15 is 0 Å². The molecule has 1 atom stereocenters. The van der Waals surface area contributed by atoms with E-state index in [4.69, 9.17) is 4.98 Å². The number of pyridine rings is 1. The second kappa shape index (κ2) is 6.14. The maximum Gasteiger partial charge on any atom is 0.330 e. The van der Waals surface area contributed by atoms with E-state index in [1.54, 1.807) is 22.3 Å². The van der Waals surface area contributed by atoms with Gasteiger partial charge >= 0.3 is 5.69 Å². The first-order valence-electron chi connectivity index (χ1n) is 10.4. The Hall–Kier alpha value is -3.74. The number of hydrogen-bond acceptors (Lipinski definition) is 7. The Morgan fingerprint density at radius 2 is 2.16 bits per heavy atom. The fraction of sp³-hybridized carbons (Fsp3) is 0.429. The van der Waals surface area contributed by atoms with Crippen molar-refractivity contribution in [2.24, 2.45) is 18.4 Å². The summed E-state index contributed by atoms with van der Waals surface area (Å²) in [5.74, 6) is 0.853. The van der Waals surface area contributed by atoms with Crippen molar-refractivity contribution in [1.82, 2.24) is 33.7 Å². The van der Waals surface area contributed by atoms with Crippen LogP contribution in [0.3, 0.4) is 0 Å². The van der Waals surface area contributed by atoms with Crippen LogP contribution in [-0.4, -0.2) is 33.7 Å². The van der Waals surface area contributed by atoms with E-state index in [2.05, 4.69) is 26.5 Å². The molecule has 3 aliphatic carbocycles. The second-order valence-electron chi connectivity index (χ2n) is 8.95. The van der Waals surface area contributed by atoms with Crippen molar-refractivity contribution in [3.63, 3.8) is 0 Å². The summed E-state index contributed by atoms with van der Waals surface area (Å²) in [5, 5.41) is 16.6. The van der Waals surface area contributed by atoms with E-state index < -0.39 is 0 Å². The van der Waals surface area contributed by atoms with Crippen LogP contribution in [0.1, 0.15) is 37.3 Å². The van der Waals surface area contributed by atoms with Crippen molar-refractivity contribution < 1.29 is 0 Å². The van der Waals surface area contributed by atoms with Crippen molar-refractivity contribution in [3.05, 3.63) is 40.8 Å². The minimum Gasteiger partial charge on any atom is -0.323 e. The SMILES string of the molecule is Cc1cc2ncnn2cc1Nc1ncc2c(n1)n([C@@H]1CC3(CC#N)CC1C3)c(=O)n2C. The minimum absolute atomic E-state index is 0.0735. The lowest BCUT2D eigenvalue weighted by atomic mass is 9.68. The second-order valence-corrected chi connectivity index (χ2v) is 8.95. The number of aryl methyl sites for hydroxylation is 2. The molecule has 4 aromatic rings. The maximum atomic E-state index is 13.1. The average molecular weight is 415 g/mol. The number of nitrogens with zero attached hydrogens (tertiary/aromatic N) is 8. The fourth-order valence-corrected chi connectivity index (χ4v) is 5.49. The van der Waals surface area contributed by atoms with E-state index in [1.165, 1.54) is 6.33 Å². The molecule has 10 heteroatoms. The van der Waals surface area contributed by atoms with E-state index in [0.29, 0.717) is 29.5 Å². The summed E-state index contributed by atoms with van der Waals surface area (Å²) in [6.07, 6.45) is 8.50. The molecule has 156 valence electrons. The van der Waals surface area contributed by atoms with Gasteiger partial charge in [0.15, 0.2) is 11.3 Å². The van der Waals surface area contributed by atoms with Crippen molar-refractivity contribution in [3.8, 4) is 6.07 Å². The lowest BCUT2D eigenvalue weighted by molar-refractivity contribution is 0.145. The molecule has 31 heavy (non-hydrogen) atoms. The Kier molecular flexibility index (Phi) is 3.57. The third kappa shape index (κ3) is 2.52. The smallest absolute Gasteiger partial charge is 0.323 e. The van der Waals surface area contributed by atoms with Crippen LogP contribution in [0.15, 0.2) is 29.6 Å². The highest BCUT2D eigenvalue weighted by molar-refractivity contribution is 5.73. The summed E-state index contributed by atoms with van der Waals surface area (Å²) in [5.41, 5.74) is 3.91. The average Bonchev–Trinajstić information content (AvgIpc) is 3.45. The molecule has 3 saturated carbocycles. The largest absolute Gasteiger partial charge is 0.330 e. The molecule has 10 nitrogen and oxygen atoms in total. The van der Waals surface area contributed by atoms with E-state index in [-0.39, 0.29) is 17.1 Å². The van der Waals surface area contributed by atoms with E-state index in [0.717, 1.165) is 36.2 Å². The zero-order chi connectivity index (χ0) is 21.3. The molecule has 3 aliphatic rings. The highest BCUT2D eigenvalue weighted by Gasteiger charge is 2.57. The number of rotatable bonds is 4. The number of aromatic nitrogens is 7. The molecular formula is C21H21N9O. The highest BCUT2D eigenvalue weighted by atomic mass is 16.1. The first kappa shape index (κ1) is 18.1. The third-order valence-corrected chi connectivity index (χ3v) is 7.06. The number of anilines is 2. The fourth-order valence-electron chi connectivity index (χ4n) is 5.49. The number of fused-ring (bicyclic) bond motifs is 3. The summed E-state index contributed by atoms with van der Waals surface area (Å²) in [7, 11) is 1.75. The molecular weight excluding hydrogens is 394 g/mol. The van der Waals surface area contributed by atoms with Crippen molar-refractivity contribution in [1.29, 1.82) is 5.26 Å². The molecule has 0 radical (unpaired) electrons. The molecule has 0 aliphatic heterocycles. The minimum atomic E-state index is -0.0775. The monoisotopic (exact) mass is 415 g/mol. The van der Waals surface area contributed by atoms with Gasteiger partial charge in [-0.1, -0.05) is 0 Å². The Morgan fingerprint density at radius 1 is 1.32 bits per heavy atom. The summed E-state index contributed by atoms with van der Waals surface area (Å²) >= 11 is 0. The van der Waals surface area contributed by atoms with Crippen LogP contribution >= 0.6 is 0 Å². The molecule has 1 N–H and O–H groups in total. The first-order valence-corrected chi connectivity index (χ1v) is 10.4. The van der Waals surface area contributed by atoms with Gasteiger partial charge in [-0.25, -0.2) is 19.3 Å². The summed E-state index contributed by atoms with van der Waals surface area (Å²) < 4.78 is 5.12. The van der Waals surface area contributed by atoms with Gasteiger partial charge in [0, 0.05) is 19.5 Å². The number of nitriles is 1. The predicted molar refractivity (Wildman–Crippen MR) is 113 cm³/mol. The molecule has 0 saturated heterocycles. The number of hydrogen-bond donors (Lipinski definition) is 1. The molecule has 0 aromatic carbocycles. The van der Waals surface area contributed by atoms with E-state index in [9.17, 15) is 10.1 Å². The standard InChI is InChI=1S/C21H21N9O/c1-12-5-17-24-11-25-29(17)10-14(12)26-19-23-9-16-18(27-19)30(20(31)28(16)2)15-8-21(3-4-22)6-13(15)7-21/h5,9-11,13,15H,3,6-8H2,1-2H3,(H,23,26,27)/t13?,15-,21?/m1/s1. The van der Waals surface area contributed by atoms with Gasteiger partial charge in [0.05, 0.1) is 24.2 Å². The zero-order valence-electron chi connectivity index (χ0n) is 17.3. The maximum absolute atomic E-state index is 13.1. The Labute approximate surface area is 177 Å². The van der Waals surface area contributed by atoms with Crippen LogP contribution in [0, 0.1) is 29.6 Å². The van der Waals surface area contributed by atoms with E-state index in [1.807, 2.05) is 23.8 Å². The highest BCUT2D eigenvalue weighted by Crippen LogP contribution is 2.65. The van der Waals surface area contributed by atoms with Gasteiger partial charge in [-0.2, -0.15) is 15.3 Å². The van der Waals surface area contributed by atoms with Gasteiger partial charge in [-0.15, -0.1) is 0 Å². The third-order valence-electron chi connectivity index (χ3n) is 7.06. The van der Waals surface area contributed by atoms with Crippen molar-refractivity contribution >= 4 is 28.4 Å². The molecule has 4 heterocycles. The van der Waals surface area contributed by atoms with Crippen LogP contribution in [-0.2, 0) is 7.05 Å². The Morgan fingerprint density at radius 3 is 2.97 bits per heavy atom. The summed E-state index contributed by atoms with van der Waals surface area (Å²) in [6.45, 7) is 1.98. The molecule has 0 unspecified atom stereocenters. The Bertz CT molecular complexity index is 1450. The van der Waals surface area contributed by atoms with Gasteiger partial charge in [0.2, 0.25) is 5.95 Å². The molecule has 7 rings (SSSR count).